The van der Waals surface area contributed by atoms with E-state index in [0.717, 1.165) is 44.5 Å². The first-order chi connectivity index (χ1) is 16.7. The van der Waals surface area contributed by atoms with E-state index in [1.54, 1.807) is 6.07 Å². The minimum atomic E-state index is -1.33. The first-order valence-electron chi connectivity index (χ1n) is 11.0. The summed E-state index contributed by atoms with van der Waals surface area (Å²) in [5, 5.41) is 9.33. The molecule has 1 N–H and O–H groups in total. The maximum atomic E-state index is 11.4. The van der Waals surface area contributed by atoms with E-state index in [-0.39, 0.29) is 0 Å². The summed E-state index contributed by atoms with van der Waals surface area (Å²) < 4.78 is 5.19. The lowest BCUT2D eigenvalue weighted by atomic mass is 9.91. The van der Waals surface area contributed by atoms with Crippen molar-refractivity contribution in [1.82, 2.24) is 0 Å². The van der Waals surface area contributed by atoms with Crippen LogP contribution in [0.25, 0.3) is 44.5 Å². The molecule has 0 fully saturated rings. The van der Waals surface area contributed by atoms with Gasteiger partial charge in [-0.1, -0.05) is 121 Å². The third-order valence-corrected chi connectivity index (χ3v) is 5.81. The molecule has 5 aromatic rings. The second-order valence-electron chi connectivity index (χ2n) is 7.93. The van der Waals surface area contributed by atoms with Crippen molar-refractivity contribution >= 4 is 6.16 Å². The van der Waals surface area contributed by atoms with Crippen LogP contribution in [0.2, 0.25) is 0 Å². The second-order valence-corrected chi connectivity index (χ2v) is 7.93. The van der Waals surface area contributed by atoms with Crippen molar-refractivity contribution in [3.8, 4) is 50.3 Å². The fraction of sp³-hybridized carbons (Fsp3) is 0. The average Bonchev–Trinajstić information content (AvgIpc) is 2.89. The Morgan fingerprint density at radius 2 is 0.912 bits per heavy atom. The SMILES string of the molecule is O=C(O)Oc1cccc(-c2ccc(-c3ccccc3)cc2)c1-c1ccc(-c2ccccc2)cc1. The molecular formula is C31H22O3. The van der Waals surface area contributed by atoms with Crippen molar-refractivity contribution < 1.29 is 14.6 Å². The molecule has 0 bridgehead atoms. The van der Waals surface area contributed by atoms with Gasteiger partial charge in [0, 0.05) is 5.56 Å². The number of ether oxygens (including phenoxy) is 1. The van der Waals surface area contributed by atoms with E-state index in [1.807, 2.05) is 72.8 Å². The zero-order valence-electron chi connectivity index (χ0n) is 18.4. The van der Waals surface area contributed by atoms with E-state index in [1.165, 1.54) is 0 Å². The minimum absolute atomic E-state index is 0.310. The molecular weight excluding hydrogens is 420 g/mol. The van der Waals surface area contributed by atoms with Crippen LogP contribution in [0.5, 0.6) is 5.75 Å². The first-order valence-corrected chi connectivity index (χ1v) is 11.0. The summed E-state index contributed by atoms with van der Waals surface area (Å²) in [7, 11) is 0. The van der Waals surface area contributed by atoms with E-state index in [4.69, 9.17) is 4.74 Å². The number of carboxylic acid groups (broad SMARTS) is 1. The van der Waals surface area contributed by atoms with Crippen molar-refractivity contribution in [1.29, 1.82) is 0 Å². The highest BCUT2D eigenvalue weighted by molar-refractivity contribution is 5.90. The second kappa shape index (κ2) is 9.47. The molecule has 5 aromatic carbocycles. The smallest absolute Gasteiger partial charge is 0.449 e. The Kier molecular flexibility index (Phi) is 5.91. The lowest BCUT2D eigenvalue weighted by Gasteiger charge is -2.15. The lowest BCUT2D eigenvalue weighted by molar-refractivity contribution is 0.144. The number of benzene rings is 5. The van der Waals surface area contributed by atoms with Crippen LogP contribution in [0.15, 0.2) is 127 Å². The van der Waals surface area contributed by atoms with Crippen molar-refractivity contribution in [3.63, 3.8) is 0 Å². The van der Waals surface area contributed by atoms with Crippen molar-refractivity contribution in [2.24, 2.45) is 0 Å². The Bertz CT molecular complexity index is 1410. The molecule has 0 spiro atoms. The zero-order valence-corrected chi connectivity index (χ0v) is 18.4. The molecule has 0 aliphatic rings. The summed E-state index contributed by atoms with van der Waals surface area (Å²) in [5.41, 5.74) is 8.01. The maximum Gasteiger partial charge on any atom is 0.511 e. The van der Waals surface area contributed by atoms with E-state index < -0.39 is 6.16 Å². The fourth-order valence-corrected chi connectivity index (χ4v) is 4.18. The Morgan fingerprint density at radius 3 is 1.41 bits per heavy atom. The van der Waals surface area contributed by atoms with Gasteiger partial charge >= 0.3 is 6.16 Å². The third-order valence-electron chi connectivity index (χ3n) is 5.81. The largest absolute Gasteiger partial charge is 0.511 e. The standard InChI is InChI=1S/C31H22O3/c32-31(33)34-29-13-7-12-28(26-18-14-24(15-19-26)22-8-3-1-4-9-22)30(29)27-20-16-25(17-21-27)23-10-5-2-6-11-23/h1-21H,(H,32,33). The van der Waals surface area contributed by atoms with Gasteiger partial charge in [-0.25, -0.2) is 4.79 Å². The molecule has 0 saturated carbocycles. The van der Waals surface area contributed by atoms with Crippen LogP contribution in [-0.4, -0.2) is 11.3 Å². The molecule has 3 nitrogen and oxygen atoms in total. The first kappa shape index (κ1) is 21.2. The minimum Gasteiger partial charge on any atom is -0.449 e. The topological polar surface area (TPSA) is 46.5 Å². The highest BCUT2D eigenvalue weighted by atomic mass is 16.7. The molecule has 164 valence electrons. The highest BCUT2D eigenvalue weighted by Crippen LogP contribution is 2.40. The van der Waals surface area contributed by atoms with Gasteiger partial charge in [-0.05, 0) is 45.0 Å². The average molecular weight is 443 g/mol. The van der Waals surface area contributed by atoms with E-state index in [2.05, 4.69) is 48.5 Å². The molecule has 0 saturated heterocycles. The summed E-state index contributed by atoms with van der Waals surface area (Å²) in [6, 6.07) is 42.2. The molecule has 0 aromatic heterocycles. The molecule has 34 heavy (non-hydrogen) atoms. The number of hydrogen-bond acceptors (Lipinski definition) is 2. The van der Waals surface area contributed by atoms with Crippen LogP contribution in [0.3, 0.4) is 0 Å². The van der Waals surface area contributed by atoms with Gasteiger partial charge in [0.2, 0.25) is 0 Å². The van der Waals surface area contributed by atoms with Gasteiger partial charge < -0.3 is 9.84 Å². The number of carbonyl (C=O) groups is 1. The van der Waals surface area contributed by atoms with Gasteiger partial charge in [0.15, 0.2) is 0 Å². The summed E-state index contributed by atoms with van der Waals surface area (Å²) >= 11 is 0. The maximum absolute atomic E-state index is 11.4. The van der Waals surface area contributed by atoms with Gasteiger partial charge in [0.25, 0.3) is 0 Å². The molecule has 0 heterocycles. The molecule has 0 amide bonds. The quantitative estimate of drug-likeness (QED) is 0.219. The molecule has 0 atom stereocenters. The summed E-state index contributed by atoms with van der Waals surface area (Å²) in [5.74, 6) is 0.310. The third kappa shape index (κ3) is 4.45. The van der Waals surface area contributed by atoms with Crippen LogP contribution < -0.4 is 4.74 Å². The number of hydrogen-bond donors (Lipinski definition) is 1. The van der Waals surface area contributed by atoms with Gasteiger partial charge in [-0.3, -0.25) is 0 Å². The highest BCUT2D eigenvalue weighted by Gasteiger charge is 2.16. The van der Waals surface area contributed by atoms with Gasteiger partial charge in [0.05, 0.1) is 0 Å². The van der Waals surface area contributed by atoms with Crippen molar-refractivity contribution in [2.75, 3.05) is 0 Å². The van der Waals surface area contributed by atoms with Crippen LogP contribution in [0.1, 0.15) is 0 Å². The Hall–Kier alpha value is -4.63. The normalized spacial score (nSPS) is 10.6. The molecule has 3 heteroatoms. The van der Waals surface area contributed by atoms with Crippen LogP contribution in [0, 0.1) is 0 Å². The summed E-state index contributed by atoms with van der Waals surface area (Å²) in [4.78, 5) is 11.4. The fourth-order valence-electron chi connectivity index (χ4n) is 4.18. The van der Waals surface area contributed by atoms with Crippen LogP contribution >= 0.6 is 0 Å². The molecule has 5 rings (SSSR count). The summed E-state index contributed by atoms with van der Waals surface area (Å²) in [6.45, 7) is 0. The van der Waals surface area contributed by atoms with Gasteiger partial charge in [-0.2, -0.15) is 0 Å². The van der Waals surface area contributed by atoms with Crippen molar-refractivity contribution in [2.45, 2.75) is 0 Å². The van der Waals surface area contributed by atoms with Crippen LogP contribution in [-0.2, 0) is 0 Å². The molecule has 0 aliphatic heterocycles. The molecule has 0 unspecified atom stereocenters. The summed E-state index contributed by atoms with van der Waals surface area (Å²) in [6.07, 6.45) is -1.33. The predicted molar refractivity (Wildman–Crippen MR) is 137 cm³/mol. The van der Waals surface area contributed by atoms with Gasteiger partial charge in [0.1, 0.15) is 5.75 Å². The molecule has 0 radical (unpaired) electrons. The van der Waals surface area contributed by atoms with E-state index >= 15 is 0 Å². The van der Waals surface area contributed by atoms with E-state index in [0.29, 0.717) is 5.75 Å². The zero-order chi connectivity index (χ0) is 23.3. The van der Waals surface area contributed by atoms with Gasteiger partial charge in [-0.15, -0.1) is 0 Å². The Labute approximate surface area is 198 Å². The number of rotatable bonds is 5. The monoisotopic (exact) mass is 442 g/mol. The van der Waals surface area contributed by atoms with Crippen molar-refractivity contribution in [3.05, 3.63) is 127 Å². The van der Waals surface area contributed by atoms with Crippen LogP contribution in [0.4, 0.5) is 4.79 Å². The van der Waals surface area contributed by atoms with E-state index in [9.17, 15) is 9.90 Å². The Balaban J connectivity index is 1.58. The lowest BCUT2D eigenvalue weighted by Crippen LogP contribution is -2.04. The Morgan fingerprint density at radius 1 is 0.471 bits per heavy atom. The molecule has 0 aliphatic carbocycles. The predicted octanol–water partition coefficient (Wildman–Crippen LogP) is 8.41.